The lowest BCUT2D eigenvalue weighted by molar-refractivity contribution is 0.143. The summed E-state index contributed by atoms with van der Waals surface area (Å²) in [5.74, 6) is 10.2. The van der Waals surface area contributed by atoms with Crippen molar-refractivity contribution < 1.29 is 14.2 Å². The highest BCUT2D eigenvalue weighted by Crippen LogP contribution is 2.08. The van der Waals surface area contributed by atoms with Crippen molar-refractivity contribution in [2.24, 2.45) is 11.8 Å². The zero-order valence-electron chi connectivity index (χ0n) is 6.34. The summed E-state index contributed by atoms with van der Waals surface area (Å²) in [6.45, 7) is 0. The Morgan fingerprint density at radius 3 is 2.08 bits per heavy atom. The van der Waals surface area contributed by atoms with Gasteiger partial charge in [-0.1, -0.05) is 18.2 Å². The van der Waals surface area contributed by atoms with E-state index in [4.69, 9.17) is 16.4 Å². The third kappa shape index (κ3) is 2.52. The first-order valence-corrected chi connectivity index (χ1v) is 3.29. The molecule has 0 unspecified atom stereocenters. The summed E-state index contributed by atoms with van der Waals surface area (Å²) in [6, 6.07) is 8.92. The average Bonchev–Trinajstić information content (AvgIpc) is 2.16. The van der Waals surface area contributed by atoms with Gasteiger partial charge in [-0.05, 0) is 12.1 Å². The summed E-state index contributed by atoms with van der Waals surface area (Å²) < 4.78 is 13.5. The van der Waals surface area contributed by atoms with Crippen molar-refractivity contribution >= 4 is 7.32 Å². The molecule has 0 amide bonds. The van der Waals surface area contributed by atoms with Gasteiger partial charge in [0.2, 0.25) is 0 Å². The minimum absolute atomic E-state index is 0.568. The van der Waals surface area contributed by atoms with Crippen LogP contribution in [-0.2, 0) is 9.51 Å². The molecule has 6 heteroatoms. The number of hydrogen-bond acceptors (Lipinski definition) is 5. The standard InChI is InChI=1S/C6H9BN2O3/c8-11-7(12-9)10-6-4-2-1-3-5-6/h1-5H,8-9H2. The van der Waals surface area contributed by atoms with E-state index in [9.17, 15) is 0 Å². The molecule has 1 aromatic carbocycles. The first-order valence-electron chi connectivity index (χ1n) is 3.29. The first-order chi connectivity index (χ1) is 5.86. The molecule has 0 radical (unpaired) electrons. The maximum Gasteiger partial charge on any atom is 0.747 e. The lowest BCUT2D eigenvalue weighted by Gasteiger charge is -2.08. The fourth-order valence-electron chi connectivity index (χ4n) is 0.698. The zero-order chi connectivity index (χ0) is 8.81. The summed E-state index contributed by atoms with van der Waals surface area (Å²) in [7, 11) is -1.08. The van der Waals surface area contributed by atoms with Crippen molar-refractivity contribution in [1.82, 2.24) is 0 Å². The molecule has 0 aliphatic carbocycles. The Hall–Kier alpha value is -1.08. The van der Waals surface area contributed by atoms with Crippen LogP contribution in [0.15, 0.2) is 30.3 Å². The van der Waals surface area contributed by atoms with Crippen molar-refractivity contribution in [1.29, 1.82) is 0 Å². The molecular weight excluding hydrogens is 159 g/mol. The minimum atomic E-state index is -1.08. The van der Waals surface area contributed by atoms with E-state index in [1.807, 2.05) is 6.07 Å². The largest absolute Gasteiger partial charge is 0.747 e. The fourth-order valence-corrected chi connectivity index (χ4v) is 0.698. The van der Waals surface area contributed by atoms with E-state index in [2.05, 4.69) is 9.51 Å². The van der Waals surface area contributed by atoms with E-state index >= 15 is 0 Å². The van der Waals surface area contributed by atoms with Gasteiger partial charge >= 0.3 is 7.32 Å². The smallest absolute Gasteiger partial charge is 0.510 e. The van der Waals surface area contributed by atoms with Gasteiger partial charge in [-0.15, -0.1) is 0 Å². The number of para-hydroxylation sites is 1. The van der Waals surface area contributed by atoms with Crippen molar-refractivity contribution in [2.45, 2.75) is 0 Å². The van der Waals surface area contributed by atoms with Gasteiger partial charge in [-0.2, -0.15) is 0 Å². The van der Waals surface area contributed by atoms with Crippen molar-refractivity contribution in [3.05, 3.63) is 30.3 Å². The predicted octanol–water partition coefficient (Wildman–Crippen LogP) is -0.169. The lowest BCUT2D eigenvalue weighted by Crippen LogP contribution is -2.35. The minimum Gasteiger partial charge on any atom is -0.510 e. The Balaban J connectivity index is 2.51. The molecular formula is C6H9BN2O3. The summed E-state index contributed by atoms with van der Waals surface area (Å²) in [5, 5.41) is 0. The summed E-state index contributed by atoms with van der Waals surface area (Å²) in [4.78, 5) is 0. The predicted molar refractivity (Wildman–Crippen MR) is 43.4 cm³/mol. The molecule has 5 nitrogen and oxygen atoms in total. The van der Waals surface area contributed by atoms with Crippen LogP contribution < -0.4 is 16.4 Å². The summed E-state index contributed by atoms with van der Waals surface area (Å²) >= 11 is 0. The van der Waals surface area contributed by atoms with Crippen LogP contribution in [0.2, 0.25) is 0 Å². The third-order valence-electron chi connectivity index (χ3n) is 1.20. The van der Waals surface area contributed by atoms with Crippen LogP contribution in [0.5, 0.6) is 5.75 Å². The Morgan fingerprint density at radius 2 is 1.58 bits per heavy atom. The molecule has 0 fully saturated rings. The Kier molecular flexibility index (Phi) is 3.56. The van der Waals surface area contributed by atoms with Crippen LogP contribution in [0, 0.1) is 0 Å². The first kappa shape index (κ1) is 9.02. The van der Waals surface area contributed by atoms with E-state index in [0.717, 1.165) is 0 Å². The van der Waals surface area contributed by atoms with Crippen molar-refractivity contribution in [2.75, 3.05) is 0 Å². The topological polar surface area (TPSA) is 79.7 Å². The van der Waals surface area contributed by atoms with Gasteiger partial charge in [-0.3, -0.25) is 9.51 Å². The van der Waals surface area contributed by atoms with Crippen LogP contribution in [0.4, 0.5) is 0 Å². The van der Waals surface area contributed by atoms with Gasteiger partial charge in [0, 0.05) is 0 Å². The molecule has 12 heavy (non-hydrogen) atoms. The number of hydrogen-bond donors (Lipinski definition) is 2. The maximum absolute atomic E-state index is 5.02. The molecule has 0 aliphatic rings. The van der Waals surface area contributed by atoms with E-state index in [0.29, 0.717) is 5.75 Å². The number of rotatable bonds is 4. The van der Waals surface area contributed by atoms with Crippen molar-refractivity contribution in [3.8, 4) is 5.75 Å². The molecule has 4 N–H and O–H groups in total. The van der Waals surface area contributed by atoms with E-state index in [1.165, 1.54) is 0 Å². The van der Waals surface area contributed by atoms with E-state index in [1.54, 1.807) is 24.3 Å². The second-order valence-electron chi connectivity index (χ2n) is 1.99. The molecule has 0 saturated carbocycles. The molecule has 0 aromatic heterocycles. The number of nitrogens with two attached hydrogens (primary N) is 2. The molecule has 0 heterocycles. The van der Waals surface area contributed by atoms with Gasteiger partial charge in [0.25, 0.3) is 0 Å². The monoisotopic (exact) mass is 168 g/mol. The van der Waals surface area contributed by atoms with Gasteiger partial charge < -0.3 is 4.65 Å². The average molecular weight is 168 g/mol. The van der Waals surface area contributed by atoms with Crippen LogP contribution in [-0.4, -0.2) is 7.32 Å². The van der Waals surface area contributed by atoms with Gasteiger partial charge in [-0.25, -0.2) is 11.8 Å². The number of benzene rings is 1. The molecule has 64 valence electrons. The van der Waals surface area contributed by atoms with Gasteiger partial charge in [0.15, 0.2) is 0 Å². The fraction of sp³-hybridized carbons (Fsp3) is 0. The zero-order valence-corrected chi connectivity index (χ0v) is 6.34. The molecule has 1 rings (SSSR count). The second kappa shape index (κ2) is 4.73. The maximum atomic E-state index is 5.02. The normalized spacial score (nSPS) is 9.50. The summed E-state index contributed by atoms with van der Waals surface area (Å²) in [5.41, 5.74) is 0. The molecule has 0 spiro atoms. The Bertz CT molecular complexity index is 217. The SMILES string of the molecule is NOB(ON)Oc1ccccc1. The van der Waals surface area contributed by atoms with Crippen LogP contribution in [0.25, 0.3) is 0 Å². The quantitative estimate of drug-likeness (QED) is 0.481. The second-order valence-corrected chi connectivity index (χ2v) is 1.99. The molecule has 0 bridgehead atoms. The molecule has 1 aromatic rings. The van der Waals surface area contributed by atoms with Crippen LogP contribution >= 0.6 is 0 Å². The third-order valence-corrected chi connectivity index (χ3v) is 1.20. The van der Waals surface area contributed by atoms with Crippen LogP contribution in [0.3, 0.4) is 0 Å². The lowest BCUT2D eigenvalue weighted by atomic mass is 10.2. The van der Waals surface area contributed by atoms with Crippen LogP contribution in [0.1, 0.15) is 0 Å². The molecule has 0 saturated heterocycles. The van der Waals surface area contributed by atoms with Crippen molar-refractivity contribution in [3.63, 3.8) is 0 Å². The molecule has 0 aliphatic heterocycles. The van der Waals surface area contributed by atoms with Gasteiger partial charge in [0.1, 0.15) is 5.75 Å². The highest BCUT2D eigenvalue weighted by atomic mass is 16.8. The van der Waals surface area contributed by atoms with Gasteiger partial charge in [0.05, 0.1) is 0 Å². The summed E-state index contributed by atoms with van der Waals surface area (Å²) in [6.07, 6.45) is 0. The molecule has 0 atom stereocenters. The highest BCUT2D eigenvalue weighted by Gasteiger charge is 2.21. The Morgan fingerprint density at radius 1 is 1.00 bits per heavy atom. The highest BCUT2D eigenvalue weighted by molar-refractivity contribution is 6.37. The Labute approximate surface area is 70.3 Å². The van der Waals surface area contributed by atoms with E-state index < -0.39 is 7.32 Å². The van der Waals surface area contributed by atoms with E-state index in [-0.39, 0.29) is 0 Å².